The molecule has 0 amide bonds. The van der Waals surface area contributed by atoms with E-state index in [2.05, 4.69) is 80.5 Å². The largest absolute Gasteiger partial charge is 0.459 e. The van der Waals surface area contributed by atoms with Crippen LogP contribution in [0.4, 0.5) is 0 Å². The number of unbranched alkanes of at least 4 members (excludes halogenated alkanes) is 3. The lowest BCUT2D eigenvalue weighted by Crippen LogP contribution is -2.58. The Morgan fingerprint density at radius 3 is 2.48 bits per heavy atom. The van der Waals surface area contributed by atoms with Gasteiger partial charge in [0.05, 0.1) is 0 Å². The van der Waals surface area contributed by atoms with Gasteiger partial charge in [-0.05, 0) is 124 Å². The van der Waals surface area contributed by atoms with Crippen LogP contribution in [0, 0.1) is 45.3 Å². The van der Waals surface area contributed by atoms with E-state index in [1.54, 1.807) is 6.08 Å². The molecule has 236 valence electrons. The van der Waals surface area contributed by atoms with Crippen molar-refractivity contribution in [1.82, 2.24) is 0 Å². The van der Waals surface area contributed by atoms with Gasteiger partial charge in [-0.3, -0.25) is 0 Å². The van der Waals surface area contributed by atoms with Crippen LogP contribution in [0.5, 0.6) is 0 Å². The minimum absolute atomic E-state index is 0.0156. The molecule has 0 bridgehead atoms. The van der Waals surface area contributed by atoms with Crippen LogP contribution in [0.25, 0.3) is 0 Å². The number of allylic oxidation sites excluding steroid dienone is 7. The van der Waals surface area contributed by atoms with Crippen molar-refractivity contribution in [2.45, 2.75) is 152 Å². The monoisotopic (exact) mass is 576 g/mol. The van der Waals surface area contributed by atoms with Crippen molar-refractivity contribution < 1.29 is 9.53 Å². The SMILES string of the molecule is CCCCCC=CC=CC(=O)OC1CCC2(C)C3CCC4(C)C(C(C)CCC=C(C)C)CCC4(C)C3=CCC2C1(C)C. The molecule has 0 aliphatic heterocycles. The molecule has 3 fully saturated rings. The van der Waals surface area contributed by atoms with Crippen molar-refractivity contribution in [2.75, 3.05) is 0 Å². The Morgan fingerprint density at radius 1 is 1.00 bits per heavy atom. The van der Waals surface area contributed by atoms with Crippen molar-refractivity contribution >= 4 is 5.97 Å². The first-order valence-electron chi connectivity index (χ1n) is 17.7. The summed E-state index contributed by atoms with van der Waals surface area (Å²) in [5, 5.41) is 0. The number of hydrogen-bond donors (Lipinski definition) is 0. The molecule has 0 heterocycles. The van der Waals surface area contributed by atoms with Crippen LogP contribution in [0.1, 0.15) is 146 Å². The van der Waals surface area contributed by atoms with Gasteiger partial charge in [0, 0.05) is 11.5 Å². The highest BCUT2D eigenvalue weighted by atomic mass is 16.5. The molecule has 4 aliphatic rings. The fourth-order valence-corrected chi connectivity index (χ4v) is 10.7. The second-order valence-electron chi connectivity index (χ2n) is 16.3. The van der Waals surface area contributed by atoms with Crippen LogP contribution in [-0.2, 0) is 9.53 Å². The molecule has 42 heavy (non-hydrogen) atoms. The molecular weight excluding hydrogens is 512 g/mol. The van der Waals surface area contributed by atoms with Gasteiger partial charge in [0.2, 0.25) is 0 Å². The van der Waals surface area contributed by atoms with Crippen LogP contribution >= 0.6 is 0 Å². The zero-order valence-corrected chi connectivity index (χ0v) is 28.9. The maximum Gasteiger partial charge on any atom is 0.331 e. The van der Waals surface area contributed by atoms with Gasteiger partial charge in [-0.2, -0.15) is 0 Å². The number of rotatable bonds is 11. The first-order chi connectivity index (χ1) is 19.8. The van der Waals surface area contributed by atoms with Crippen LogP contribution in [0.2, 0.25) is 0 Å². The Labute approximate surface area is 259 Å². The predicted molar refractivity (Wildman–Crippen MR) is 179 cm³/mol. The molecule has 4 rings (SSSR count). The number of fused-ring (bicyclic) bond motifs is 5. The maximum atomic E-state index is 12.8. The van der Waals surface area contributed by atoms with Crippen molar-refractivity contribution in [2.24, 2.45) is 45.3 Å². The fraction of sp³-hybridized carbons (Fsp3) is 0.775. The lowest BCUT2D eigenvalue weighted by molar-refractivity contribution is -0.172. The summed E-state index contributed by atoms with van der Waals surface area (Å²) in [6.07, 6.45) is 28.8. The molecular formula is C40H64O2. The van der Waals surface area contributed by atoms with Gasteiger partial charge >= 0.3 is 5.97 Å². The standard InChI is InChI=1S/C40H64O2/c1-10-11-12-13-14-15-16-20-36(41)42-35-25-26-38(7)32-24-28-39(8)31(30(4)19-17-18-29(2)3)23-27-40(39,9)33(32)21-22-34(38)37(35,5)6/h14-16,18,20-21,30-32,34-35H,10-13,17,19,22-28H2,1-9H3. The third-order valence-electron chi connectivity index (χ3n) is 13.4. The summed E-state index contributed by atoms with van der Waals surface area (Å²) in [6, 6.07) is 0. The molecule has 4 aliphatic carbocycles. The molecule has 2 heteroatoms. The molecule has 0 radical (unpaired) electrons. The Kier molecular flexibility index (Phi) is 10.5. The highest BCUT2D eigenvalue weighted by Gasteiger charge is 2.65. The molecule has 0 saturated heterocycles. The van der Waals surface area contributed by atoms with Crippen molar-refractivity contribution in [1.29, 1.82) is 0 Å². The van der Waals surface area contributed by atoms with Crippen LogP contribution < -0.4 is 0 Å². The van der Waals surface area contributed by atoms with E-state index in [1.165, 1.54) is 63.4 Å². The first kappa shape index (κ1) is 33.3. The van der Waals surface area contributed by atoms with E-state index in [0.29, 0.717) is 22.7 Å². The second kappa shape index (κ2) is 13.2. The van der Waals surface area contributed by atoms with Gasteiger partial charge in [0.1, 0.15) is 6.10 Å². The zero-order valence-electron chi connectivity index (χ0n) is 28.9. The third-order valence-corrected chi connectivity index (χ3v) is 13.4. The number of carbonyl (C=O) groups is 1. The van der Waals surface area contributed by atoms with Gasteiger partial charge in [-0.15, -0.1) is 0 Å². The number of carbonyl (C=O) groups excluding carboxylic acids is 1. The van der Waals surface area contributed by atoms with Gasteiger partial charge in [0.15, 0.2) is 0 Å². The van der Waals surface area contributed by atoms with Crippen molar-refractivity contribution in [3.05, 3.63) is 47.6 Å². The number of esters is 1. The highest BCUT2D eigenvalue weighted by Crippen LogP contribution is 2.73. The summed E-state index contributed by atoms with van der Waals surface area (Å²) in [5.41, 5.74) is 4.24. The zero-order chi connectivity index (χ0) is 30.8. The fourth-order valence-electron chi connectivity index (χ4n) is 10.7. The van der Waals surface area contributed by atoms with E-state index in [0.717, 1.165) is 37.5 Å². The topological polar surface area (TPSA) is 26.3 Å². The molecule has 8 atom stereocenters. The molecule has 0 N–H and O–H groups in total. The van der Waals surface area contributed by atoms with E-state index < -0.39 is 0 Å². The van der Waals surface area contributed by atoms with E-state index in [4.69, 9.17) is 4.74 Å². The molecule has 3 saturated carbocycles. The Balaban J connectivity index is 1.46. The van der Waals surface area contributed by atoms with Crippen LogP contribution in [-0.4, -0.2) is 12.1 Å². The number of ether oxygens (including phenoxy) is 1. The predicted octanol–water partition coefficient (Wildman–Crippen LogP) is 11.6. The molecule has 0 aromatic heterocycles. The molecule has 2 nitrogen and oxygen atoms in total. The van der Waals surface area contributed by atoms with Gasteiger partial charge < -0.3 is 4.74 Å². The van der Waals surface area contributed by atoms with Crippen molar-refractivity contribution in [3.8, 4) is 0 Å². The van der Waals surface area contributed by atoms with E-state index in [9.17, 15) is 4.79 Å². The van der Waals surface area contributed by atoms with E-state index >= 15 is 0 Å². The Hall–Kier alpha value is -1.57. The molecule has 0 spiro atoms. The summed E-state index contributed by atoms with van der Waals surface area (Å²) < 4.78 is 6.19. The lowest BCUT2D eigenvalue weighted by Gasteiger charge is -2.64. The molecule has 8 unspecified atom stereocenters. The first-order valence-corrected chi connectivity index (χ1v) is 17.7. The smallest absolute Gasteiger partial charge is 0.331 e. The minimum Gasteiger partial charge on any atom is -0.459 e. The average molecular weight is 577 g/mol. The van der Waals surface area contributed by atoms with Crippen LogP contribution in [0.15, 0.2) is 47.6 Å². The highest BCUT2D eigenvalue weighted by molar-refractivity contribution is 5.82. The maximum absolute atomic E-state index is 12.8. The summed E-state index contributed by atoms with van der Waals surface area (Å²) in [4.78, 5) is 12.8. The summed E-state index contributed by atoms with van der Waals surface area (Å²) in [6.45, 7) is 21.9. The summed E-state index contributed by atoms with van der Waals surface area (Å²) in [5.74, 6) is 2.64. The minimum atomic E-state index is -0.182. The van der Waals surface area contributed by atoms with Gasteiger partial charge in [0.25, 0.3) is 0 Å². The second-order valence-corrected chi connectivity index (χ2v) is 16.3. The normalized spacial score (nSPS) is 38.0. The third kappa shape index (κ3) is 6.17. The Morgan fingerprint density at radius 2 is 1.76 bits per heavy atom. The Bertz CT molecular complexity index is 1070. The van der Waals surface area contributed by atoms with E-state index in [-0.39, 0.29) is 22.9 Å². The van der Waals surface area contributed by atoms with E-state index in [1.807, 2.05) is 17.7 Å². The average Bonchev–Trinajstić information content (AvgIpc) is 3.21. The lowest BCUT2D eigenvalue weighted by atomic mass is 9.41. The molecule has 0 aromatic carbocycles. The van der Waals surface area contributed by atoms with Gasteiger partial charge in [-0.25, -0.2) is 4.79 Å². The quantitative estimate of drug-likeness (QED) is 0.0804. The van der Waals surface area contributed by atoms with Gasteiger partial charge in [-0.1, -0.05) is 103 Å². The number of hydrogen-bond acceptors (Lipinski definition) is 2. The van der Waals surface area contributed by atoms with Crippen LogP contribution in [0.3, 0.4) is 0 Å². The molecule has 0 aromatic rings. The van der Waals surface area contributed by atoms with Crippen molar-refractivity contribution in [3.63, 3.8) is 0 Å². The summed E-state index contributed by atoms with van der Waals surface area (Å²) in [7, 11) is 0. The summed E-state index contributed by atoms with van der Waals surface area (Å²) >= 11 is 0.